The molecule has 0 spiro atoms. The lowest BCUT2D eigenvalue weighted by Gasteiger charge is -2.09. The molecule has 2 heterocycles. The Kier molecular flexibility index (Phi) is 1.12. The van der Waals surface area contributed by atoms with E-state index < -0.39 is 6.04 Å². The molecule has 5 heteroatoms. The highest BCUT2D eigenvalue weighted by Crippen LogP contribution is 2.08. The molecule has 0 bridgehead atoms. The summed E-state index contributed by atoms with van der Waals surface area (Å²) in [5.41, 5.74) is 0. The molecular formula is C6H6N4O. The monoisotopic (exact) mass is 150 g/mol. The summed E-state index contributed by atoms with van der Waals surface area (Å²) in [6, 6.07) is -0.500. The summed E-state index contributed by atoms with van der Waals surface area (Å²) in [5, 5.41) is 2.46. The average Bonchev–Trinajstić information content (AvgIpc) is 2.31. The summed E-state index contributed by atoms with van der Waals surface area (Å²) in [4.78, 5) is 22.8. The second-order valence-corrected chi connectivity index (χ2v) is 2.32. The van der Waals surface area contributed by atoms with Crippen molar-refractivity contribution in [2.75, 3.05) is 0 Å². The fourth-order valence-corrected chi connectivity index (χ4v) is 1.02. The van der Waals surface area contributed by atoms with Crippen molar-refractivity contribution in [3.8, 4) is 0 Å². The van der Waals surface area contributed by atoms with Crippen molar-refractivity contribution in [1.82, 2.24) is 5.32 Å². The van der Waals surface area contributed by atoms with Crippen LogP contribution in [-0.2, 0) is 4.79 Å². The molecule has 11 heavy (non-hydrogen) atoms. The van der Waals surface area contributed by atoms with Gasteiger partial charge >= 0.3 is 0 Å². The first-order valence-electron chi connectivity index (χ1n) is 3.23. The zero-order valence-corrected chi connectivity index (χ0v) is 5.90. The summed E-state index contributed by atoms with van der Waals surface area (Å²) in [7, 11) is 0. The van der Waals surface area contributed by atoms with Crippen molar-refractivity contribution in [3.05, 3.63) is 0 Å². The van der Waals surface area contributed by atoms with Gasteiger partial charge in [-0.1, -0.05) is 0 Å². The lowest BCUT2D eigenvalue weighted by atomic mass is 10.2. The number of fused-ring (bicyclic) bond motifs is 1. The van der Waals surface area contributed by atoms with E-state index in [-0.39, 0.29) is 5.91 Å². The van der Waals surface area contributed by atoms with Crippen LogP contribution in [0.4, 0.5) is 0 Å². The molecule has 0 aromatic heterocycles. The lowest BCUT2D eigenvalue weighted by molar-refractivity contribution is -0.119. The summed E-state index contributed by atoms with van der Waals surface area (Å²) in [5.74, 6) is 0.945. The summed E-state index contributed by atoms with van der Waals surface area (Å²) in [6.45, 7) is 1.74. The molecule has 1 atom stereocenters. The third-order valence-corrected chi connectivity index (χ3v) is 1.49. The normalized spacial score (nSPS) is 27.4. The number of hydrogen-bond donors (Lipinski definition) is 1. The van der Waals surface area contributed by atoms with Crippen molar-refractivity contribution in [2.24, 2.45) is 15.0 Å². The highest BCUT2D eigenvalue weighted by molar-refractivity contribution is 6.21. The number of carbonyl (C=O) groups excluding carboxylic acids is 1. The van der Waals surface area contributed by atoms with Crippen LogP contribution in [0, 0.1) is 0 Å². The Morgan fingerprint density at radius 1 is 1.64 bits per heavy atom. The van der Waals surface area contributed by atoms with Crippen molar-refractivity contribution in [1.29, 1.82) is 0 Å². The highest BCUT2D eigenvalue weighted by Gasteiger charge is 2.29. The predicted molar refractivity (Wildman–Crippen MR) is 41.0 cm³/mol. The molecule has 0 radical (unpaired) electrons. The first-order chi connectivity index (χ1) is 5.27. The molecule has 1 amide bonds. The Bertz CT molecular complexity index is 302. The molecule has 0 aromatic rings. The van der Waals surface area contributed by atoms with Gasteiger partial charge in [-0.25, -0.2) is 15.0 Å². The Hall–Kier alpha value is -1.52. The molecule has 2 aliphatic rings. The second-order valence-electron chi connectivity index (χ2n) is 2.32. The molecule has 0 saturated carbocycles. The van der Waals surface area contributed by atoms with Gasteiger partial charge in [-0.05, 0) is 6.92 Å². The number of amides is 1. The molecule has 1 unspecified atom stereocenters. The maximum Gasteiger partial charge on any atom is 0.257 e. The Labute approximate surface area is 62.9 Å². The van der Waals surface area contributed by atoms with Gasteiger partial charge in [-0.15, -0.1) is 0 Å². The molecule has 0 saturated heterocycles. The van der Waals surface area contributed by atoms with Gasteiger partial charge < -0.3 is 5.32 Å². The number of hydrogen-bond acceptors (Lipinski definition) is 4. The zero-order chi connectivity index (χ0) is 7.84. The van der Waals surface area contributed by atoms with Crippen LogP contribution in [0.2, 0.25) is 0 Å². The maximum absolute atomic E-state index is 11.0. The van der Waals surface area contributed by atoms with E-state index in [4.69, 9.17) is 0 Å². The second kappa shape index (κ2) is 1.98. The molecule has 0 aromatic carbocycles. The van der Waals surface area contributed by atoms with Crippen LogP contribution in [-0.4, -0.2) is 30.0 Å². The van der Waals surface area contributed by atoms with E-state index in [9.17, 15) is 4.79 Å². The third kappa shape index (κ3) is 0.849. The van der Waals surface area contributed by atoms with Gasteiger partial charge in [0.2, 0.25) is 0 Å². The number of aliphatic imine (C=N–C) groups is 3. The number of rotatable bonds is 0. The smallest absolute Gasteiger partial charge is 0.257 e. The largest absolute Gasteiger partial charge is 0.314 e. The fourth-order valence-electron chi connectivity index (χ4n) is 1.02. The number of nitrogens with one attached hydrogen (secondary N) is 1. The molecule has 2 rings (SSSR count). The maximum atomic E-state index is 11.0. The van der Waals surface area contributed by atoms with E-state index in [0.29, 0.717) is 11.7 Å². The van der Waals surface area contributed by atoms with E-state index in [1.54, 1.807) is 6.92 Å². The standard InChI is InChI=1S/C6H6N4O/c1-3-9-4-5(10-3)7-2-8-6(4)11/h2,4H,1H3,(H,7,8,9,10,11). The quantitative estimate of drug-likeness (QED) is 0.489. The van der Waals surface area contributed by atoms with Crippen molar-refractivity contribution < 1.29 is 4.79 Å². The van der Waals surface area contributed by atoms with E-state index in [1.165, 1.54) is 6.34 Å². The molecule has 0 fully saturated rings. The Balaban J connectivity index is 2.42. The lowest BCUT2D eigenvalue weighted by Crippen LogP contribution is -2.40. The van der Waals surface area contributed by atoms with Crippen LogP contribution in [0.1, 0.15) is 6.92 Å². The molecule has 56 valence electrons. The van der Waals surface area contributed by atoms with Crippen LogP contribution in [0.3, 0.4) is 0 Å². The summed E-state index contributed by atoms with van der Waals surface area (Å²) < 4.78 is 0. The third-order valence-electron chi connectivity index (χ3n) is 1.49. The van der Waals surface area contributed by atoms with Gasteiger partial charge in [0.15, 0.2) is 11.9 Å². The molecular weight excluding hydrogens is 144 g/mol. The summed E-state index contributed by atoms with van der Waals surface area (Å²) in [6.07, 6.45) is 1.34. The van der Waals surface area contributed by atoms with Gasteiger partial charge in [-0.2, -0.15) is 0 Å². The minimum atomic E-state index is -0.500. The van der Waals surface area contributed by atoms with Gasteiger partial charge in [-0.3, -0.25) is 4.79 Å². The van der Waals surface area contributed by atoms with Crippen molar-refractivity contribution in [3.63, 3.8) is 0 Å². The molecule has 2 aliphatic heterocycles. The van der Waals surface area contributed by atoms with E-state index in [2.05, 4.69) is 20.3 Å². The van der Waals surface area contributed by atoms with Crippen LogP contribution >= 0.6 is 0 Å². The van der Waals surface area contributed by atoms with Crippen LogP contribution in [0.5, 0.6) is 0 Å². The first kappa shape index (κ1) is 6.21. The van der Waals surface area contributed by atoms with Crippen LogP contribution in [0.25, 0.3) is 0 Å². The summed E-state index contributed by atoms with van der Waals surface area (Å²) >= 11 is 0. The zero-order valence-electron chi connectivity index (χ0n) is 5.90. The minimum absolute atomic E-state index is 0.157. The topological polar surface area (TPSA) is 66.2 Å². The van der Waals surface area contributed by atoms with E-state index in [0.717, 1.165) is 0 Å². The molecule has 0 aliphatic carbocycles. The number of carbonyl (C=O) groups is 1. The molecule has 1 N–H and O–H groups in total. The van der Waals surface area contributed by atoms with E-state index in [1.807, 2.05) is 0 Å². The van der Waals surface area contributed by atoms with Gasteiger partial charge in [0.05, 0.1) is 6.34 Å². The van der Waals surface area contributed by atoms with Gasteiger partial charge in [0.25, 0.3) is 5.91 Å². The molecule has 5 nitrogen and oxygen atoms in total. The van der Waals surface area contributed by atoms with E-state index >= 15 is 0 Å². The number of nitrogens with zero attached hydrogens (tertiary/aromatic N) is 3. The SMILES string of the molecule is CC1=NC2C(=O)NC=NC2=N1. The minimum Gasteiger partial charge on any atom is -0.314 e. The van der Waals surface area contributed by atoms with Gasteiger partial charge in [0, 0.05) is 0 Å². The highest BCUT2D eigenvalue weighted by atomic mass is 16.2. The fraction of sp³-hybridized carbons (Fsp3) is 0.333. The first-order valence-corrected chi connectivity index (χ1v) is 3.23. The number of amidine groups is 2. The van der Waals surface area contributed by atoms with Crippen molar-refractivity contribution in [2.45, 2.75) is 13.0 Å². The van der Waals surface area contributed by atoms with Gasteiger partial charge in [0.1, 0.15) is 5.84 Å². The Morgan fingerprint density at radius 2 is 2.45 bits per heavy atom. The van der Waals surface area contributed by atoms with Crippen LogP contribution < -0.4 is 5.32 Å². The predicted octanol–water partition coefficient (Wildman–Crippen LogP) is -0.656. The average molecular weight is 150 g/mol. The Morgan fingerprint density at radius 3 is 3.18 bits per heavy atom. The van der Waals surface area contributed by atoms with Crippen LogP contribution in [0.15, 0.2) is 15.0 Å². The van der Waals surface area contributed by atoms with Crippen molar-refractivity contribution >= 4 is 23.9 Å².